The Labute approximate surface area is 228 Å². The Bertz CT molecular complexity index is 1250. The van der Waals surface area contributed by atoms with Gasteiger partial charge in [-0.15, -0.1) is 0 Å². The van der Waals surface area contributed by atoms with Gasteiger partial charge in [0.25, 0.3) is 11.8 Å². The average molecular weight is 609 g/mol. The molecule has 3 N–H and O–H groups in total. The second-order valence-corrected chi connectivity index (χ2v) is 11.3. The van der Waals surface area contributed by atoms with Crippen molar-refractivity contribution in [2.45, 2.75) is 44.1 Å². The number of benzene rings is 3. The topological polar surface area (TPSA) is 70.2 Å². The van der Waals surface area contributed by atoms with Crippen molar-refractivity contribution in [3.63, 3.8) is 0 Å². The number of carbonyl (C=O) groups is 2. The monoisotopic (exact) mass is 607 g/mol. The quantitative estimate of drug-likeness (QED) is 0.169. The van der Waals surface area contributed by atoms with Crippen LogP contribution in [0, 0.1) is 0 Å². The molecule has 3 aromatic rings. The highest BCUT2D eigenvalue weighted by atomic mass is 79.9. The smallest absolute Gasteiger partial charge is 0.263 e. The molecule has 5 nitrogen and oxygen atoms in total. The number of hydrogen-bond acceptors (Lipinski definition) is 3. The molecular formula is C29H27Br2N3O2. The highest BCUT2D eigenvalue weighted by Crippen LogP contribution is 2.40. The van der Waals surface area contributed by atoms with Gasteiger partial charge in [-0.1, -0.05) is 75.4 Å². The van der Waals surface area contributed by atoms with Gasteiger partial charge < -0.3 is 16.0 Å². The molecule has 5 rings (SSSR count). The number of fused-ring (bicyclic) bond motifs is 1. The molecule has 0 bridgehead atoms. The van der Waals surface area contributed by atoms with E-state index >= 15 is 0 Å². The molecule has 2 aliphatic rings. The van der Waals surface area contributed by atoms with Crippen LogP contribution in [0.5, 0.6) is 0 Å². The normalized spacial score (nSPS) is 16.0. The third kappa shape index (κ3) is 5.42. The van der Waals surface area contributed by atoms with Gasteiger partial charge in [0.1, 0.15) is 5.57 Å². The average Bonchev–Trinajstić information content (AvgIpc) is 2.87. The molecule has 0 atom stereocenters. The lowest BCUT2D eigenvalue weighted by atomic mass is 9.73. The van der Waals surface area contributed by atoms with Crippen molar-refractivity contribution < 1.29 is 9.59 Å². The van der Waals surface area contributed by atoms with Crippen LogP contribution >= 0.6 is 31.9 Å². The van der Waals surface area contributed by atoms with Crippen molar-refractivity contribution in [3.8, 4) is 0 Å². The summed E-state index contributed by atoms with van der Waals surface area (Å²) < 4.78 is 1.82. The van der Waals surface area contributed by atoms with Gasteiger partial charge in [0, 0.05) is 31.4 Å². The lowest BCUT2D eigenvalue weighted by molar-refractivity contribution is -0.118. The van der Waals surface area contributed by atoms with Crippen LogP contribution in [-0.2, 0) is 16.0 Å². The van der Waals surface area contributed by atoms with Gasteiger partial charge in [0.2, 0.25) is 0 Å². The minimum absolute atomic E-state index is 0.0814. The highest BCUT2D eigenvalue weighted by Gasteiger charge is 2.39. The predicted octanol–water partition coefficient (Wildman–Crippen LogP) is 7.05. The summed E-state index contributed by atoms with van der Waals surface area (Å²) in [4.78, 5) is 27.5. The molecule has 36 heavy (non-hydrogen) atoms. The first-order valence-corrected chi connectivity index (χ1v) is 13.8. The van der Waals surface area contributed by atoms with E-state index in [0.29, 0.717) is 17.1 Å². The van der Waals surface area contributed by atoms with Crippen molar-refractivity contribution in [1.82, 2.24) is 5.32 Å². The lowest BCUT2D eigenvalue weighted by Crippen LogP contribution is -2.51. The van der Waals surface area contributed by atoms with Gasteiger partial charge >= 0.3 is 0 Å². The molecular weight excluding hydrogens is 582 g/mol. The first kappa shape index (κ1) is 24.8. The summed E-state index contributed by atoms with van der Waals surface area (Å²) in [7, 11) is 0. The van der Waals surface area contributed by atoms with Crippen LogP contribution < -0.4 is 16.0 Å². The van der Waals surface area contributed by atoms with Crippen LogP contribution in [-0.4, -0.2) is 17.4 Å². The largest absolute Gasteiger partial charge is 0.378 e. The maximum absolute atomic E-state index is 13.8. The SMILES string of the molecule is O=C(Nc1ccc(Br)cc1)C(C(=O)Nc1ccc(Br)cc1)=C1NC2(CCCCC2)Cc2ccccc21. The molecule has 1 heterocycles. The number of nitrogens with one attached hydrogen (secondary N) is 3. The van der Waals surface area contributed by atoms with Crippen LogP contribution in [0.3, 0.4) is 0 Å². The molecule has 1 aliphatic heterocycles. The Balaban J connectivity index is 1.60. The Morgan fingerprint density at radius 2 is 1.25 bits per heavy atom. The second-order valence-electron chi connectivity index (χ2n) is 9.47. The zero-order valence-corrected chi connectivity index (χ0v) is 22.9. The summed E-state index contributed by atoms with van der Waals surface area (Å²) >= 11 is 6.86. The molecule has 0 radical (unpaired) electrons. The fraction of sp³-hybridized carbons (Fsp3) is 0.241. The first-order chi connectivity index (χ1) is 17.4. The van der Waals surface area contributed by atoms with Crippen LogP contribution in [0.25, 0.3) is 5.70 Å². The van der Waals surface area contributed by atoms with Gasteiger partial charge in [0.15, 0.2) is 0 Å². The molecule has 1 spiro atoms. The molecule has 0 aromatic heterocycles. The predicted molar refractivity (Wildman–Crippen MR) is 152 cm³/mol. The van der Waals surface area contributed by atoms with Crippen molar-refractivity contribution >= 4 is 60.7 Å². The van der Waals surface area contributed by atoms with E-state index in [1.54, 1.807) is 0 Å². The molecule has 2 amide bonds. The van der Waals surface area contributed by atoms with Gasteiger partial charge in [0.05, 0.1) is 5.70 Å². The molecule has 0 unspecified atom stereocenters. The van der Waals surface area contributed by atoms with Crippen molar-refractivity contribution in [3.05, 3.63) is 98.4 Å². The van der Waals surface area contributed by atoms with Crippen LogP contribution in [0.2, 0.25) is 0 Å². The van der Waals surface area contributed by atoms with E-state index in [1.807, 2.05) is 66.7 Å². The molecule has 7 heteroatoms. The Morgan fingerprint density at radius 3 is 1.81 bits per heavy atom. The zero-order valence-electron chi connectivity index (χ0n) is 19.7. The zero-order chi connectivity index (χ0) is 25.1. The molecule has 3 aromatic carbocycles. The van der Waals surface area contributed by atoms with Crippen LogP contribution in [0.1, 0.15) is 43.2 Å². The first-order valence-electron chi connectivity index (χ1n) is 12.2. The standard InChI is InChI=1S/C29H27Br2N3O2/c30-20-8-12-22(13-9-20)32-27(35)25(28(36)33-23-14-10-21(31)11-15-23)26-24-7-3-2-6-19(24)18-29(34-26)16-4-1-5-17-29/h2-3,6-15,34H,1,4-5,16-18H2,(H,32,35)(H,33,36). The van der Waals surface area contributed by atoms with E-state index in [1.165, 1.54) is 12.0 Å². The van der Waals surface area contributed by atoms with E-state index in [0.717, 1.165) is 46.6 Å². The summed E-state index contributed by atoms with van der Waals surface area (Å²) in [5.41, 5.74) is 3.84. The minimum Gasteiger partial charge on any atom is -0.378 e. The Morgan fingerprint density at radius 1 is 0.722 bits per heavy atom. The second kappa shape index (κ2) is 10.6. The summed E-state index contributed by atoms with van der Waals surface area (Å²) in [5.74, 6) is -0.894. The number of halogens is 2. The summed E-state index contributed by atoms with van der Waals surface area (Å²) in [6, 6.07) is 22.7. The molecule has 0 saturated heterocycles. The van der Waals surface area contributed by atoms with Gasteiger partial charge in [-0.2, -0.15) is 0 Å². The molecule has 1 aliphatic carbocycles. The highest BCUT2D eigenvalue weighted by molar-refractivity contribution is 9.10. The molecule has 1 saturated carbocycles. The number of anilines is 2. The third-order valence-corrected chi connectivity index (χ3v) is 7.98. The maximum Gasteiger partial charge on any atom is 0.263 e. The molecule has 1 fully saturated rings. The van der Waals surface area contributed by atoms with E-state index in [-0.39, 0.29) is 11.1 Å². The van der Waals surface area contributed by atoms with Crippen molar-refractivity contribution in [1.29, 1.82) is 0 Å². The van der Waals surface area contributed by atoms with Crippen LogP contribution in [0.15, 0.2) is 87.3 Å². The third-order valence-electron chi connectivity index (χ3n) is 6.92. The van der Waals surface area contributed by atoms with E-state index in [2.05, 4.69) is 53.9 Å². The molecule has 184 valence electrons. The van der Waals surface area contributed by atoms with E-state index in [4.69, 9.17) is 0 Å². The fourth-order valence-corrected chi connectivity index (χ4v) is 5.70. The van der Waals surface area contributed by atoms with Crippen molar-refractivity contribution in [2.24, 2.45) is 0 Å². The fourth-order valence-electron chi connectivity index (χ4n) is 5.17. The lowest BCUT2D eigenvalue weighted by Gasteiger charge is -2.44. The number of amides is 2. The number of carbonyl (C=O) groups excluding carboxylic acids is 2. The number of rotatable bonds is 4. The van der Waals surface area contributed by atoms with Gasteiger partial charge in [-0.3, -0.25) is 9.59 Å². The van der Waals surface area contributed by atoms with Crippen molar-refractivity contribution in [2.75, 3.05) is 10.6 Å². The van der Waals surface area contributed by atoms with Gasteiger partial charge in [-0.25, -0.2) is 0 Å². The summed E-state index contributed by atoms with van der Waals surface area (Å²) in [6.45, 7) is 0. The van der Waals surface area contributed by atoms with Crippen LogP contribution in [0.4, 0.5) is 11.4 Å². The summed E-state index contributed by atoms with van der Waals surface area (Å²) in [6.07, 6.45) is 6.40. The van der Waals surface area contributed by atoms with E-state index < -0.39 is 11.8 Å². The Kier molecular flexibility index (Phi) is 7.30. The summed E-state index contributed by atoms with van der Waals surface area (Å²) in [5, 5.41) is 9.60. The number of hydrogen-bond donors (Lipinski definition) is 3. The minimum atomic E-state index is -0.447. The Hall–Kier alpha value is -2.90. The van der Waals surface area contributed by atoms with E-state index in [9.17, 15) is 9.59 Å². The maximum atomic E-state index is 13.8. The van der Waals surface area contributed by atoms with Gasteiger partial charge in [-0.05, 0) is 73.4 Å².